The van der Waals surface area contributed by atoms with Crippen LogP contribution in [-0.2, 0) is 0 Å². The molecule has 2 N–H and O–H groups in total. The molecule has 1 amide bonds. The van der Waals surface area contributed by atoms with Gasteiger partial charge >= 0.3 is 0 Å². The van der Waals surface area contributed by atoms with Gasteiger partial charge in [-0.15, -0.1) is 0 Å². The van der Waals surface area contributed by atoms with Crippen LogP contribution < -0.4 is 5.32 Å². The van der Waals surface area contributed by atoms with Crippen molar-refractivity contribution in [2.24, 2.45) is 0 Å². The molecule has 3 aromatic carbocycles. The van der Waals surface area contributed by atoms with Gasteiger partial charge in [-0.2, -0.15) is 5.10 Å². The van der Waals surface area contributed by atoms with Crippen LogP contribution in [0.15, 0.2) is 72.8 Å². The summed E-state index contributed by atoms with van der Waals surface area (Å²) in [5, 5.41) is 11.5. The van der Waals surface area contributed by atoms with Gasteiger partial charge in [0.25, 0.3) is 5.91 Å². The van der Waals surface area contributed by atoms with E-state index in [4.69, 9.17) is 11.6 Å². The van der Waals surface area contributed by atoms with Gasteiger partial charge < -0.3 is 5.32 Å². The maximum Gasteiger partial charge on any atom is 0.256 e. The highest BCUT2D eigenvalue weighted by atomic mass is 35.5. The van der Waals surface area contributed by atoms with Crippen LogP contribution in [0.3, 0.4) is 0 Å². The van der Waals surface area contributed by atoms with E-state index in [1.54, 1.807) is 24.3 Å². The molecule has 0 atom stereocenters. The van der Waals surface area contributed by atoms with E-state index >= 15 is 0 Å². The molecule has 0 saturated heterocycles. The molecule has 25 heavy (non-hydrogen) atoms. The Kier molecular flexibility index (Phi) is 3.96. The number of nitrogens with zero attached hydrogens (tertiary/aromatic N) is 1. The normalized spacial score (nSPS) is 10.8. The quantitative estimate of drug-likeness (QED) is 0.539. The fourth-order valence-corrected chi connectivity index (χ4v) is 2.83. The minimum atomic E-state index is -0.227. The first-order chi connectivity index (χ1) is 12.2. The van der Waals surface area contributed by atoms with Gasteiger partial charge in [-0.3, -0.25) is 9.89 Å². The van der Waals surface area contributed by atoms with Crippen LogP contribution in [0, 0.1) is 0 Å². The number of hydrogen-bond acceptors (Lipinski definition) is 2. The number of halogens is 1. The first kappa shape index (κ1) is 15.4. The van der Waals surface area contributed by atoms with Crippen molar-refractivity contribution in [2.75, 3.05) is 5.32 Å². The van der Waals surface area contributed by atoms with Crippen molar-refractivity contribution >= 4 is 34.2 Å². The third-order valence-electron chi connectivity index (χ3n) is 4.01. The van der Waals surface area contributed by atoms with Crippen LogP contribution in [0.25, 0.3) is 22.0 Å². The average molecular weight is 348 g/mol. The second-order valence-corrected chi connectivity index (χ2v) is 6.10. The Hall–Kier alpha value is -3.11. The summed E-state index contributed by atoms with van der Waals surface area (Å²) in [6.45, 7) is 0. The molecule has 122 valence electrons. The number of benzene rings is 3. The van der Waals surface area contributed by atoms with E-state index in [9.17, 15) is 4.79 Å². The number of anilines is 1. The molecule has 0 spiro atoms. The zero-order valence-electron chi connectivity index (χ0n) is 13.2. The molecule has 0 unspecified atom stereocenters. The predicted octanol–water partition coefficient (Wildman–Crippen LogP) is 5.14. The molecule has 1 heterocycles. The Balaban J connectivity index is 1.68. The molecule has 4 rings (SSSR count). The predicted molar refractivity (Wildman–Crippen MR) is 101 cm³/mol. The highest BCUT2D eigenvalue weighted by Gasteiger charge is 2.12. The molecule has 0 saturated carbocycles. The largest absolute Gasteiger partial charge is 0.305 e. The lowest BCUT2D eigenvalue weighted by molar-refractivity contribution is 0.102. The van der Waals surface area contributed by atoms with Crippen LogP contribution in [0.1, 0.15) is 10.4 Å². The van der Waals surface area contributed by atoms with Gasteiger partial charge in [0.2, 0.25) is 0 Å². The van der Waals surface area contributed by atoms with Gasteiger partial charge in [-0.25, -0.2) is 0 Å². The van der Waals surface area contributed by atoms with Crippen LogP contribution in [-0.4, -0.2) is 16.1 Å². The molecule has 0 aliphatic rings. The number of fused-ring (bicyclic) bond motifs is 1. The molecule has 5 heteroatoms. The number of aromatic nitrogens is 2. The number of amides is 1. The summed E-state index contributed by atoms with van der Waals surface area (Å²) >= 11 is 5.86. The monoisotopic (exact) mass is 347 g/mol. The van der Waals surface area contributed by atoms with Crippen molar-refractivity contribution in [3.63, 3.8) is 0 Å². The summed E-state index contributed by atoms with van der Waals surface area (Å²) in [7, 11) is 0. The number of carbonyl (C=O) groups excluding carboxylic acids is 1. The highest BCUT2D eigenvalue weighted by Crippen LogP contribution is 2.27. The van der Waals surface area contributed by atoms with Crippen molar-refractivity contribution in [2.45, 2.75) is 0 Å². The van der Waals surface area contributed by atoms with Gasteiger partial charge in [0.05, 0.1) is 5.52 Å². The standard InChI is InChI=1S/C20H14ClN3O/c21-16-9-6-14(7-10-16)20(25)22-19-17-12-15(8-11-18(17)23-24-19)13-4-2-1-3-5-13/h1-12H,(H2,22,23,24,25). The van der Waals surface area contributed by atoms with Crippen LogP contribution >= 0.6 is 11.6 Å². The maximum atomic E-state index is 12.4. The van der Waals surface area contributed by atoms with Crippen molar-refractivity contribution in [3.05, 3.63) is 83.4 Å². The number of nitrogens with one attached hydrogen (secondary N) is 2. The van der Waals surface area contributed by atoms with Gasteiger partial charge in [-0.05, 0) is 47.5 Å². The van der Waals surface area contributed by atoms with Crippen LogP contribution in [0.4, 0.5) is 5.82 Å². The molecule has 4 aromatic rings. The van der Waals surface area contributed by atoms with E-state index in [1.807, 2.05) is 48.5 Å². The Morgan fingerprint density at radius 3 is 2.44 bits per heavy atom. The van der Waals surface area contributed by atoms with Crippen molar-refractivity contribution < 1.29 is 4.79 Å². The fourth-order valence-electron chi connectivity index (χ4n) is 2.70. The molecule has 4 nitrogen and oxygen atoms in total. The molecule has 0 radical (unpaired) electrons. The summed E-state index contributed by atoms with van der Waals surface area (Å²) in [6, 6.07) is 22.8. The smallest absolute Gasteiger partial charge is 0.256 e. The van der Waals surface area contributed by atoms with Gasteiger partial charge in [-0.1, -0.05) is 48.0 Å². The molecule has 0 aliphatic heterocycles. The van der Waals surface area contributed by atoms with Crippen molar-refractivity contribution in [1.82, 2.24) is 10.2 Å². The zero-order valence-corrected chi connectivity index (χ0v) is 13.9. The number of rotatable bonds is 3. The lowest BCUT2D eigenvalue weighted by atomic mass is 10.0. The van der Waals surface area contributed by atoms with Crippen LogP contribution in [0.5, 0.6) is 0 Å². The number of carbonyl (C=O) groups is 1. The lowest BCUT2D eigenvalue weighted by Gasteiger charge is -2.04. The second kappa shape index (κ2) is 6.42. The fraction of sp³-hybridized carbons (Fsp3) is 0. The van der Waals surface area contributed by atoms with E-state index in [1.165, 1.54) is 0 Å². The first-order valence-electron chi connectivity index (χ1n) is 7.81. The highest BCUT2D eigenvalue weighted by molar-refractivity contribution is 6.30. The summed E-state index contributed by atoms with van der Waals surface area (Å²) in [5.74, 6) is 0.280. The van der Waals surface area contributed by atoms with E-state index in [-0.39, 0.29) is 5.91 Å². The maximum absolute atomic E-state index is 12.4. The Morgan fingerprint density at radius 2 is 1.68 bits per heavy atom. The zero-order chi connectivity index (χ0) is 17.2. The minimum Gasteiger partial charge on any atom is -0.305 e. The second-order valence-electron chi connectivity index (χ2n) is 5.66. The molecule has 0 aliphatic carbocycles. The Morgan fingerprint density at radius 1 is 0.920 bits per heavy atom. The van der Waals surface area contributed by atoms with Gasteiger partial charge in [0, 0.05) is 16.0 Å². The summed E-state index contributed by atoms with van der Waals surface area (Å²) < 4.78 is 0. The number of H-pyrrole nitrogens is 1. The van der Waals surface area contributed by atoms with Crippen molar-refractivity contribution in [1.29, 1.82) is 0 Å². The molecular weight excluding hydrogens is 334 g/mol. The van der Waals surface area contributed by atoms with E-state index in [0.717, 1.165) is 22.0 Å². The molecule has 0 bridgehead atoms. The molecular formula is C20H14ClN3O. The van der Waals surface area contributed by atoms with E-state index in [2.05, 4.69) is 15.5 Å². The lowest BCUT2D eigenvalue weighted by Crippen LogP contribution is -2.12. The van der Waals surface area contributed by atoms with Gasteiger partial charge in [0.15, 0.2) is 5.82 Å². The third kappa shape index (κ3) is 3.12. The minimum absolute atomic E-state index is 0.227. The summed E-state index contributed by atoms with van der Waals surface area (Å²) in [4.78, 5) is 12.4. The Bertz CT molecular complexity index is 1040. The summed E-state index contributed by atoms with van der Waals surface area (Å²) in [6.07, 6.45) is 0. The molecule has 0 fully saturated rings. The summed E-state index contributed by atoms with van der Waals surface area (Å²) in [5.41, 5.74) is 3.57. The number of aromatic amines is 1. The Labute approximate surface area is 149 Å². The van der Waals surface area contributed by atoms with Crippen molar-refractivity contribution in [3.8, 4) is 11.1 Å². The van der Waals surface area contributed by atoms with Crippen LogP contribution in [0.2, 0.25) is 5.02 Å². The van der Waals surface area contributed by atoms with E-state index in [0.29, 0.717) is 16.4 Å². The topological polar surface area (TPSA) is 57.8 Å². The number of hydrogen-bond donors (Lipinski definition) is 2. The average Bonchev–Trinajstić information content (AvgIpc) is 3.05. The van der Waals surface area contributed by atoms with Gasteiger partial charge in [0.1, 0.15) is 0 Å². The van der Waals surface area contributed by atoms with E-state index < -0.39 is 0 Å². The SMILES string of the molecule is O=C(Nc1n[nH]c2ccc(-c3ccccc3)cc12)c1ccc(Cl)cc1. The molecule has 1 aromatic heterocycles. The third-order valence-corrected chi connectivity index (χ3v) is 4.26. The first-order valence-corrected chi connectivity index (χ1v) is 8.19.